The van der Waals surface area contributed by atoms with Gasteiger partial charge < -0.3 is 4.74 Å². The van der Waals surface area contributed by atoms with E-state index in [1.54, 1.807) is 18.3 Å². The van der Waals surface area contributed by atoms with Crippen molar-refractivity contribution in [1.29, 1.82) is 0 Å². The zero-order valence-corrected chi connectivity index (χ0v) is 11.6. The van der Waals surface area contributed by atoms with E-state index in [0.717, 1.165) is 15.4 Å². The molecule has 0 amide bonds. The largest absolute Gasteiger partial charge is 0.461 e. The fourth-order valence-corrected chi connectivity index (χ4v) is 3.37. The van der Waals surface area contributed by atoms with Crippen LogP contribution in [0, 0.1) is 13.8 Å². The summed E-state index contributed by atoms with van der Waals surface area (Å²) in [5, 5.41) is 5.03. The van der Waals surface area contributed by atoms with E-state index >= 15 is 0 Å². The van der Waals surface area contributed by atoms with Crippen LogP contribution >= 0.6 is 22.7 Å². The molecular formula is C12H13NO2S2. The summed E-state index contributed by atoms with van der Waals surface area (Å²) >= 11 is 3.18. The SMILES string of the molecule is CCOC(=O)c1nc(-c2cscc2C)sc1C. The first-order valence-electron chi connectivity index (χ1n) is 5.31. The van der Waals surface area contributed by atoms with Crippen molar-refractivity contribution in [3.8, 4) is 10.6 Å². The predicted molar refractivity (Wildman–Crippen MR) is 70.9 cm³/mol. The first-order valence-corrected chi connectivity index (χ1v) is 7.07. The summed E-state index contributed by atoms with van der Waals surface area (Å²) in [5.74, 6) is -0.333. The Hall–Kier alpha value is -1.20. The minimum absolute atomic E-state index is 0.333. The van der Waals surface area contributed by atoms with E-state index in [1.807, 2.05) is 13.8 Å². The Bertz CT molecular complexity index is 542. The number of aromatic nitrogens is 1. The Kier molecular flexibility index (Phi) is 3.59. The lowest BCUT2D eigenvalue weighted by Crippen LogP contribution is -2.06. The normalized spacial score (nSPS) is 10.5. The number of carbonyl (C=O) groups excluding carboxylic acids is 1. The molecule has 2 heterocycles. The van der Waals surface area contributed by atoms with Gasteiger partial charge in [0.15, 0.2) is 5.69 Å². The Balaban J connectivity index is 2.37. The molecule has 0 spiro atoms. The van der Waals surface area contributed by atoms with E-state index in [1.165, 1.54) is 16.9 Å². The average Bonchev–Trinajstić information content (AvgIpc) is 2.84. The van der Waals surface area contributed by atoms with Crippen molar-refractivity contribution < 1.29 is 9.53 Å². The van der Waals surface area contributed by atoms with Crippen LogP contribution < -0.4 is 0 Å². The van der Waals surface area contributed by atoms with Crippen LogP contribution in [0.1, 0.15) is 27.9 Å². The van der Waals surface area contributed by atoms with E-state index in [2.05, 4.69) is 15.7 Å². The number of thiazole rings is 1. The molecule has 17 heavy (non-hydrogen) atoms. The van der Waals surface area contributed by atoms with Crippen molar-refractivity contribution in [1.82, 2.24) is 4.98 Å². The molecule has 3 nitrogen and oxygen atoms in total. The zero-order chi connectivity index (χ0) is 12.4. The summed E-state index contributed by atoms with van der Waals surface area (Å²) in [6, 6.07) is 0. The molecular weight excluding hydrogens is 254 g/mol. The molecule has 2 aromatic heterocycles. The fraction of sp³-hybridized carbons (Fsp3) is 0.333. The molecule has 0 fully saturated rings. The molecule has 0 aliphatic heterocycles. The van der Waals surface area contributed by atoms with E-state index in [9.17, 15) is 4.79 Å². The number of aryl methyl sites for hydroxylation is 2. The summed E-state index contributed by atoms with van der Waals surface area (Å²) in [6.07, 6.45) is 0. The highest BCUT2D eigenvalue weighted by molar-refractivity contribution is 7.16. The maximum Gasteiger partial charge on any atom is 0.358 e. The lowest BCUT2D eigenvalue weighted by molar-refractivity contribution is 0.0519. The highest BCUT2D eigenvalue weighted by Crippen LogP contribution is 2.32. The van der Waals surface area contributed by atoms with Gasteiger partial charge in [0.25, 0.3) is 0 Å². The van der Waals surface area contributed by atoms with E-state index in [0.29, 0.717) is 12.3 Å². The topological polar surface area (TPSA) is 39.2 Å². The van der Waals surface area contributed by atoms with Crippen LogP contribution in [0.25, 0.3) is 10.6 Å². The highest BCUT2D eigenvalue weighted by Gasteiger charge is 2.18. The number of carbonyl (C=O) groups is 1. The second-order valence-corrected chi connectivity index (χ2v) is 5.56. The monoisotopic (exact) mass is 267 g/mol. The van der Waals surface area contributed by atoms with Crippen molar-refractivity contribution in [2.75, 3.05) is 6.61 Å². The van der Waals surface area contributed by atoms with Crippen LogP contribution in [0.5, 0.6) is 0 Å². The lowest BCUT2D eigenvalue weighted by Gasteiger charge is -1.97. The molecule has 0 N–H and O–H groups in total. The van der Waals surface area contributed by atoms with Crippen LogP contribution in [-0.4, -0.2) is 17.6 Å². The molecule has 0 aliphatic rings. The Labute approximate surface area is 108 Å². The van der Waals surface area contributed by atoms with Gasteiger partial charge in [0.05, 0.1) is 6.61 Å². The number of esters is 1. The second-order valence-electron chi connectivity index (χ2n) is 3.61. The molecule has 0 unspecified atom stereocenters. The van der Waals surface area contributed by atoms with E-state index < -0.39 is 0 Å². The lowest BCUT2D eigenvalue weighted by atomic mass is 10.2. The number of hydrogen-bond acceptors (Lipinski definition) is 5. The van der Waals surface area contributed by atoms with Gasteiger partial charge in [-0.15, -0.1) is 11.3 Å². The van der Waals surface area contributed by atoms with Crippen molar-refractivity contribution in [3.63, 3.8) is 0 Å². The zero-order valence-electron chi connectivity index (χ0n) is 9.94. The Morgan fingerprint density at radius 3 is 2.76 bits per heavy atom. The number of nitrogens with zero attached hydrogens (tertiary/aromatic N) is 1. The average molecular weight is 267 g/mol. The third kappa shape index (κ3) is 2.40. The first kappa shape index (κ1) is 12.3. The number of hydrogen-bond donors (Lipinski definition) is 0. The van der Waals surface area contributed by atoms with Gasteiger partial charge in [-0.3, -0.25) is 0 Å². The molecule has 0 bridgehead atoms. The summed E-state index contributed by atoms with van der Waals surface area (Å²) in [7, 11) is 0. The molecule has 0 aliphatic carbocycles. The Morgan fingerprint density at radius 1 is 1.41 bits per heavy atom. The third-order valence-corrected chi connectivity index (χ3v) is 4.22. The smallest absolute Gasteiger partial charge is 0.358 e. The number of ether oxygens (including phenoxy) is 1. The standard InChI is InChI=1S/C12H13NO2S2/c1-4-15-12(14)10-8(3)17-11(13-10)9-6-16-5-7(9)2/h5-6H,4H2,1-3H3. The molecule has 0 atom stereocenters. The highest BCUT2D eigenvalue weighted by atomic mass is 32.1. The minimum atomic E-state index is -0.333. The minimum Gasteiger partial charge on any atom is -0.461 e. The van der Waals surface area contributed by atoms with Crippen molar-refractivity contribution in [3.05, 3.63) is 26.9 Å². The van der Waals surface area contributed by atoms with Gasteiger partial charge in [0, 0.05) is 15.8 Å². The molecule has 2 aromatic rings. The van der Waals surface area contributed by atoms with Crippen LogP contribution in [0.4, 0.5) is 0 Å². The molecule has 0 aromatic carbocycles. The van der Waals surface area contributed by atoms with Crippen LogP contribution in [0.15, 0.2) is 10.8 Å². The summed E-state index contributed by atoms with van der Waals surface area (Å²) in [5.41, 5.74) is 2.75. The quantitative estimate of drug-likeness (QED) is 0.797. The Morgan fingerprint density at radius 2 is 2.18 bits per heavy atom. The fourth-order valence-electron chi connectivity index (χ4n) is 1.48. The molecule has 5 heteroatoms. The summed E-state index contributed by atoms with van der Waals surface area (Å²) in [6.45, 7) is 6.12. The molecule has 90 valence electrons. The second kappa shape index (κ2) is 4.98. The third-order valence-electron chi connectivity index (χ3n) is 2.35. The van der Waals surface area contributed by atoms with Crippen molar-refractivity contribution in [2.24, 2.45) is 0 Å². The maximum atomic E-state index is 11.7. The maximum absolute atomic E-state index is 11.7. The van der Waals surface area contributed by atoms with Crippen molar-refractivity contribution >= 4 is 28.6 Å². The van der Waals surface area contributed by atoms with Crippen LogP contribution in [0.2, 0.25) is 0 Å². The number of rotatable bonds is 3. The summed E-state index contributed by atoms with van der Waals surface area (Å²) in [4.78, 5) is 16.9. The number of thiophene rings is 1. The molecule has 2 rings (SSSR count). The molecule has 0 saturated heterocycles. The van der Waals surface area contributed by atoms with Gasteiger partial charge in [-0.2, -0.15) is 11.3 Å². The first-order chi connectivity index (χ1) is 8.13. The van der Waals surface area contributed by atoms with Gasteiger partial charge in [-0.1, -0.05) is 0 Å². The van der Waals surface area contributed by atoms with E-state index in [-0.39, 0.29) is 5.97 Å². The molecule has 0 saturated carbocycles. The summed E-state index contributed by atoms with van der Waals surface area (Å²) < 4.78 is 4.98. The van der Waals surface area contributed by atoms with Gasteiger partial charge >= 0.3 is 5.97 Å². The van der Waals surface area contributed by atoms with Gasteiger partial charge in [0.2, 0.25) is 0 Å². The van der Waals surface area contributed by atoms with Crippen LogP contribution in [0.3, 0.4) is 0 Å². The van der Waals surface area contributed by atoms with Crippen molar-refractivity contribution in [2.45, 2.75) is 20.8 Å². The van der Waals surface area contributed by atoms with E-state index in [4.69, 9.17) is 4.74 Å². The van der Waals surface area contributed by atoms with Gasteiger partial charge in [0.1, 0.15) is 5.01 Å². The molecule has 0 radical (unpaired) electrons. The van der Waals surface area contributed by atoms with Gasteiger partial charge in [-0.05, 0) is 31.7 Å². The van der Waals surface area contributed by atoms with Crippen LogP contribution in [-0.2, 0) is 4.74 Å². The predicted octanol–water partition coefficient (Wildman–Crippen LogP) is 3.67. The van der Waals surface area contributed by atoms with Gasteiger partial charge in [-0.25, -0.2) is 9.78 Å².